The van der Waals surface area contributed by atoms with Crippen molar-refractivity contribution in [3.05, 3.63) is 62.2 Å². The van der Waals surface area contributed by atoms with Gasteiger partial charge < -0.3 is 9.84 Å². The molecule has 2 heterocycles. The van der Waals surface area contributed by atoms with Gasteiger partial charge in [0.25, 0.3) is 5.91 Å². The van der Waals surface area contributed by atoms with Gasteiger partial charge in [0.15, 0.2) is 5.69 Å². The van der Waals surface area contributed by atoms with Crippen molar-refractivity contribution >= 4 is 34.8 Å². The Morgan fingerprint density at radius 3 is 2.84 bits per heavy atom. The predicted molar refractivity (Wildman–Crippen MR) is 122 cm³/mol. The number of hydrogen-bond donors (Lipinski definition) is 1. The van der Waals surface area contributed by atoms with E-state index in [2.05, 4.69) is 22.5 Å². The highest BCUT2D eigenvalue weighted by Gasteiger charge is 2.29. The Bertz CT molecular complexity index is 1120. The number of hydrogen-bond acceptors (Lipinski definition) is 4. The van der Waals surface area contributed by atoms with E-state index in [1.54, 1.807) is 6.07 Å². The van der Waals surface area contributed by atoms with Crippen LogP contribution in [0.1, 0.15) is 64.9 Å². The molecule has 0 spiro atoms. The number of benzene rings is 1. The summed E-state index contributed by atoms with van der Waals surface area (Å²) in [4.78, 5) is 13.1. The molecular weight excluding hydrogens is 435 g/mol. The molecule has 31 heavy (non-hydrogen) atoms. The lowest BCUT2D eigenvalue weighted by Crippen LogP contribution is -2.19. The quantitative estimate of drug-likeness (QED) is 0.489. The molecule has 164 valence electrons. The lowest BCUT2D eigenvalue weighted by molar-refractivity contribution is 0.101. The minimum atomic E-state index is -0.248. The summed E-state index contributed by atoms with van der Waals surface area (Å²) in [5, 5.41) is 12.7. The van der Waals surface area contributed by atoms with Crippen LogP contribution in [0.25, 0.3) is 0 Å². The van der Waals surface area contributed by atoms with Crippen LogP contribution in [0.15, 0.2) is 22.7 Å². The molecule has 0 radical (unpaired) electrons. The molecule has 6 nitrogen and oxygen atoms in total. The smallest absolute Gasteiger partial charge is 0.278 e. The van der Waals surface area contributed by atoms with Crippen molar-refractivity contribution in [2.45, 2.75) is 59.4 Å². The van der Waals surface area contributed by atoms with Crippen molar-refractivity contribution in [2.75, 3.05) is 5.32 Å². The summed E-state index contributed by atoms with van der Waals surface area (Å²) in [5.41, 5.74) is 4.63. The average molecular weight is 461 g/mol. The van der Waals surface area contributed by atoms with Gasteiger partial charge in [-0.25, -0.2) is 0 Å². The van der Waals surface area contributed by atoms with E-state index in [0.717, 1.165) is 60.4 Å². The van der Waals surface area contributed by atoms with E-state index in [0.29, 0.717) is 33.9 Å². The van der Waals surface area contributed by atoms with E-state index in [1.165, 1.54) is 0 Å². The number of carbonyl (C=O) groups is 1. The molecule has 0 fully saturated rings. The Kier molecular flexibility index (Phi) is 6.39. The molecule has 1 atom stereocenters. The molecule has 1 aliphatic carbocycles. The van der Waals surface area contributed by atoms with Crippen molar-refractivity contribution in [3.63, 3.8) is 0 Å². The van der Waals surface area contributed by atoms with Crippen molar-refractivity contribution in [1.29, 1.82) is 0 Å². The van der Waals surface area contributed by atoms with Crippen LogP contribution in [-0.2, 0) is 19.4 Å². The molecular formula is C23H26Cl2N4O2. The molecule has 0 bridgehead atoms. The van der Waals surface area contributed by atoms with Gasteiger partial charge in [-0.3, -0.25) is 9.48 Å². The van der Waals surface area contributed by atoms with Crippen LogP contribution < -0.4 is 5.32 Å². The maximum atomic E-state index is 13.1. The summed E-state index contributed by atoms with van der Waals surface area (Å²) in [6.45, 7) is 6.53. The first-order chi connectivity index (χ1) is 14.9. The first kappa shape index (κ1) is 21.9. The number of amides is 1. The van der Waals surface area contributed by atoms with Crippen molar-refractivity contribution in [3.8, 4) is 0 Å². The molecule has 1 N–H and O–H groups in total. The van der Waals surface area contributed by atoms with E-state index < -0.39 is 0 Å². The normalized spacial score (nSPS) is 15.7. The summed E-state index contributed by atoms with van der Waals surface area (Å²) in [7, 11) is 0. The Hall–Kier alpha value is -2.31. The summed E-state index contributed by atoms with van der Waals surface area (Å²) >= 11 is 12.1. The zero-order valence-electron chi connectivity index (χ0n) is 18.0. The number of fused-ring (bicyclic) bond motifs is 1. The van der Waals surface area contributed by atoms with Gasteiger partial charge in [-0.2, -0.15) is 5.10 Å². The van der Waals surface area contributed by atoms with Crippen molar-refractivity contribution in [1.82, 2.24) is 14.9 Å². The van der Waals surface area contributed by atoms with Crippen LogP contribution >= 0.6 is 23.2 Å². The standard InChI is InChI=1S/C23H26Cl2N4O2/c1-4-5-15-7-9-20-17(10-15)22(28-31-20)23(30)26-21-13(2)27-29(14(21)3)12-16-6-8-18(24)19(25)11-16/h6,8,11,15H,4-5,7,9-10,12H2,1-3H3,(H,26,30). The number of carbonyl (C=O) groups excluding carboxylic acids is 1. The third kappa shape index (κ3) is 4.51. The number of aryl methyl sites for hydroxylation is 2. The molecule has 0 saturated heterocycles. The molecule has 2 aromatic heterocycles. The Labute approximate surface area is 191 Å². The van der Waals surface area contributed by atoms with Crippen LogP contribution in [0.4, 0.5) is 5.69 Å². The van der Waals surface area contributed by atoms with Gasteiger partial charge in [0.2, 0.25) is 0 Å². The summed E-state index contributed by atoms with van der Waals surface area (Å²) < 4.78 is 7.33. The number of nitrogens with zero attached hydrogens (tertiary/aromatic N) is 3. The van der Waals surface area contributed by atoms with Crippen molar-refractivity contribution in [2.24, 2.45) is 5.92 Å². The number of aromatic nitrogens is 3. The Balaban J connectivity index is 1.53. The van der Waals surface area contributed by atoms with Gasteiger partial charge in [0.1, 0.15) is 5.76 Å². The van der Waals surface area contributed by atoms with Crippen LogP contribution in [0.2, 0.25) is 10.0 Å². The summed E-state index contributed by atoms with van der Waals surface area (Å²) in [6.07, 6.45) is 5.09. The van der Waals surface area contributed by atoms with Crippen LogP contribution in [0.3, 0.4) is 0 Å². The van der Waals surface area contributed by atoms with Crippen LogP contribution in [0.5, 0.6) is 0 Å². The molecule has 0 aliphatic heterocycles. The maximum Gasteiger partial charge on any atom is 0.278 e. The summed E-state index contributed by atoms with van der Waals surface area (Å²) in [5.74, 6) is 1.18. The second kappa shape index (κ2) is 9.05. The van der Waals surface area contributed by atoms with Gasteiger partial charge >= 0.3 is 0 Å². The van der Waals surface area contributed by atoms with E-state index in [1.807, 2.05) is 30.7 Å². The SMILES string of the molecule is CCCC1CCc2onc(C(=O)Nc3c(C)nn(Cc4ccc(Cl)c(Cl)c4)c3C)c2C1. The molecule has 1 aromatic carbocycles. The highest BCUT2D eigenvalue weighted by molar-refractivity contribution is 6.42. The molecule has 4 rings (SSSR count). The topological polar surface area (TPSA) is 73.0 Å². The second-order valence-electron chi connectivity index (χ2n) is 8.24. The largest absolute Gasteiger partial charge is 0.360 e. The minimum absolute atomic E-state index is 0.248. The first-order valence-electron chi connectivity index (χ1n) is 10.6. The van der Waals surface area contributed by atoms with E-state index >= 15 is 0 Å². The third-order valence-corrected chi connectivity index (χ3v) is 6.73. The fourth-order valence-electron chi connectivity index (χ4n) is 4.32. The Morgan fingerprint density at radius 2 is 2.10 bits per heavy atom. The lowest BCUT2D eigenvalue weighted by Gasteiger charge is -2.20. The van der Waals surface area contributed by atoms with Gasteiger partial charge in [-0.1, -0.05) is 54.2 Å². The third-order valence-electron chi connectivity index (χ3n) is 5.99. The predicted octanol–water partition coefficient (Wildman–Crippen LogP) is 6.00. The molecule has 0 saturated carbocycles. The first-order valence-corrected chi connectivity index (χ1v) is 11.4. The van der Waals surface area contributed by atoms with Gasteiger partial charge in [0, 0.05) is 12.0 Å². The zero-order valence-corrected chi connectivity index (χ0v) is 19.5. The second-order valence-corrected chi connectivity index (χ2v) is 9.05. The zero-order chi connectivity index (χ0) is 22.1. The fraction of sp³-hybridized carbons (Fsp3) is 0.435. The number of halogens is 2. The van der Waals surface area contributed by atoms with Gasteiger partial charge in [-0.15, -0.1) is 0 Å². The van der Waals surface area contributed by atoms with E-state index in [-0.39, 0.29) is 5.91 Å². The highest BCUT2D eigenvalue weighted by atomic mass is 35.5. The highest BCUT2D eigenvalue weighted by Crippen LogP contribution is 2.31. The van der Waals surface area contributed by atoms with Gasteiger partial charge in [-0.05, 0) is 50.3 Å². The number of rotatable bonds is 6. The minimum Gasteiger partial charge on any atom is -0.360 e. The van der Waals surface area contributed by atoms with Crippen LogP contribution in [-0.4, -0.2) is 20.8 Å². The van der Waals surface area contributed by atoms with Crippen LogP contribution in [0, 0.1) is 19.8 Å². The van der Waals surface area contributed by atoms with E-state index in [4.69, 9.17) is 27.7 Å². The molecule has 1 amide bonds. The number of anilines is 1. The Morgan fingerprint density at radius 1 is 1.29 bits per heavy atom. The monoisotopic (exact) mass is 460 g/mol. The van der Waals surface area contributed by atoms with E-state index in [9.17, 15) is 4.79 Å². The fourth-order valence-corrected chi connectivity index (χ4v) is 4.65. The van der Waals surface area contributed by atoms with Crippen molar-refractivity contribution < 1.29 is 9.32 Å². The lowest BCUT2D eigenvalue weighted by atomic mass is 9.84. The summed E-state index contributed by atoms with van der Waals surface area (Å²) in [6, 6.07) is 5.51. The average Bonchev–Trinajstić information content (AvgIpc) is 3.27. The molecule has 8 heteroatoms. The maximum absolute atomic E-state index is 13.1. The molecule has 3 aromatic rings. The van der Waals surface area contributed by atoms with Gasteiger partial charge in [0.05, 0.1) is 33.7 Å². The molecule has 1 aliphatic rings. The number of nitrogens with one attached hydrogen (secondary N) is 1. The molecule has 1 unspecified atom stereocenters.